The minimum atomic E-state index is -2.89. The fraction of sp³-hybridized carbons (Fsp3) is 0.956. The molecular formula is C45H74N2O6S. The lowest BCUT2D eigenvalue weighted by molar-refractivity contribution is -0.249. The SMILES string of the molecule is C[C@@H](CN[C@]12CCC(C3(C)CC3)[C@@H]1[C@H]1CC[C@@H]3[C@@]4(C)CC[C@H](OC(=O)[C@H]5C[C@@H](C(=O)O)C5(C)C)C(C)(C)[C@@H]4CC[C@@]3(C)[C@]1(C)CC2)N1CCS(=O)(=O)CC1. The van der Waals surface area contributed by atoms with E-state index >= 15 is 0 Å². The van der Waals surface area contributed by atoms with E-state index in [4.69, 9.17) is 4.74 Å². The summed E-state index contributed by atoms with van der Waals surface area (Å²) in [7, 11) is -2.89. The van der Waals surface area contributed by atoms with Gasteiger partial charge in [0.2, 0.25) is 0 Å². The number of aliphatic carboxylic acids is 1. The predicted octanol–water partition coefficient (Wildman–Crippen LogP) is 7.99. The van der Waals surface area contributed by atoms with Gasteiger partial charge >= 0.3 is 11.9 Å². The van der Waals surface area contributed by atoms with E-state index in [1.807, 2.05) is 13.8 Å². The largest absolute Gasteiger partial charge is 0.481 e. The van der Waals surface area contributed by atoms with E-state index in [0.717, 1.165) is 25.3 Å². The molecule has 54 heavy (non-hydrogen) atoms. The number of hydrogen-bond donors (Lipinski definition) is 2. The average Bonchev–Trinajstić information content (AvgIpc) is 3.70. The van der Waals surface area contributed by atoms with Crippen molar-refractivity contribution in [1.82, 2.24) is 10.2 Å². The first-order chi connectivity index (χ1) is 25.0. The molecule has 8 nitrogen and oxygen atoms in total. The van der Waals surface area contributed by atoms with Gasteiger partial charge in [-0.3, -0.25) is 14.5 Å². The molecule has 0 radical (unpaired) electrons. The summed E-state index contributed by atoms with van der Waals surface area (Å²) in [5, 5.41) is 14.0. The third-order valence-electron chi connectivity index (χ3n) is 20.2. The summed E-state index contributed by atoms with van der Waals surface area (Å²) in [5.41, 5.74) is 0.701. The molecule has 7 aliphatic carbocycles. The lowest BCUT2D eigenvalue weighted by atomic mass is 9.32. The molecule has 0 bridgehead atoms. The van der Waals surface area contributed by atoms with E-state index in [9.17, 15) is 23.1 Å². The number of nitrogens with one attached hydrogen (secondary N) is 1. The third kappa shape index (κ3) is 5.69. The van der Waals surface area contributed by atoms with Crippen LogP contribution in [-0.2, 0) is 24.2 Å². The summed E-state index contributed by atoms with van der Waals surface area (Å²) in [4.78, 5) is 27.8. The van der Waals surface area contributed by atoms with E-state index in [0.29, 0.717) is 66.1 Å². The number of ether oxygens (including phenoxy) is 1. The maximum absolute atomic E-state index is 13.6. The molecule has 1 aliphatic heterocycles. The van der Waals surface area contributed by atoms with Crippen molar-refractivity contribution in [1.29, 1.82) is 0 Å². The number of sulfone groups is 1. The van der Waals surface area contributed by atoms with Crippen molar-refractivity contribution >= 4 is 21.8 Å². The topological polar surface area (TPSA) is 113 Å². The summed E-state index contributed by atoms with van der Waals surface area (Å²) >= 11 is 0. The van der Waals surface area contributed by atoms with Crippen LogP contribution in [0.15, 0.2) is 0 Å². The first-order valence-corrected chi connectivity index (χ1v) is 24.0. The Morgan fingerprint density at radius 2 is 1.44 bits per heavy atom. The van der Waals surface area contributed by atoms with Crippen molar-refractivity contribution in [3.8, 4) is 0 Å². The highest BCUT2D eigenvalue weighted by Gasteiger charge is 2.72. The lowest BCUT2D eigenvalue weighted by Crippen LogP contribution is -2.69. The second-order valence-electron chi connectivity index (χ2n) is 22.9. The normalized spacial score (nSPS) is 48.8. The number of hydrogen-bond acceptors (Lipinski definition) is 7. The number of carbonyl (C=O) groups excluding carboxylic acids is 1. The molecule has 0 aromatic heterocycles. The fourth-order valence-corrected chi connectivity index (χ4v) is 17.3. The smallest absolute Gasteiger partial charge is 0.309 e. The summed E-state index contributed by atoms with van der Waals surface area (Å²) in [6, 6.07) is 0.336. The van der Waals surface area contributed by atoms with Crippen molar-refractivity contribution in [2.24, 2.45) is 73.9 Å². The van der Waals surface area contributed by atoms with Crippen LogP contribution in [0.4, 0.5) is 0 Å². The van der Waals surface area contributed by atoms with Crippen LogP contribution < -0.4 is 5.32 Å². The summed E-state index contributed by atoms with van der Waals surface area (Å²) in [5.74, 6) is 2.11. The molecule has 1 heterocycles. The Morgan fingerprint density at radius 1 is 0.759 bits per heavy atom. The van der Waals surface area contributed by atoms with E-state index in [2.05, 4.69) is 58.7 Å². The van der Waals surface area contributed by atoms with E-state index < -0.39 is 27.1 Å². The third-order valence-corrected chi connectivity index (χ3v) is 21.8. The first kappa shape index (κ1) is 39.6. The molecule has 0 aromatic carbocycles. The van der Waals surface area contributed by atoms with Gasteiger partial charge in [0.1, 0.15) is 6.10 Å². The molecule has 13 atom stereocenters. The molecule has 0 aromatic rings. The number of esters is 1. The second kappa shape index (κ2) is 12.7. The van der Waals surface area contributed by atoms with Gasteiger partial charge in [0.05, 0.1) is 23.3 Å². The Hall–Kier alpha value is -1.19. The zero-order valence-corrected chi connectivity index (χ0v) is 36.1. The Balaban J connectivity index is 1.01. The molecule has 7 saturated carbocycles. The number of carboxylic acids is 1. The van der Waals surface area contributed by atoms with Crippen LogP contribution in [0.25, 0.3) is 0 Å². The van der Waals surface area contributed by atoms with Crippen LogP contribution in [0.1, 0.15) is 146 Å². The minimum Gasteiger partial charge on any atom is -0.481 e. The molecule has 2 N–H and O–H groups in total. The van der Waals surface area contributed by atoms with E-state index in [-0.39, 0.29) is 45.2 Å². The monoisotopic (exact) mass is 771 g/mol. The standard InChI is InChI=1S/C45H74N2O6S/c1-28(47-22-24-54(51,52)25-23-47)27-46-45-17-12-29(41(6)18-19-41)36(45)30-10-11-34-42(7)15-14-35(53-38(50)32-26-31(37(48)49)39(32,2)3)40(4,5)33(42)13-16-44(34,9)43(30,8)20-21-45/h28-36,46H,10-27H2,1-9H3,(H,48,49)/t28-,29?,30+,31-,32+,33-,34+,35-,36+,42-,43+,44+,45-/m0/s1. The van der Waals surface area contributed by atoms with Gasteiger partial charge in [-0.25, -0.2) is 8.42 Å². The van der Waals surface area contributed by atoms with Gasteiger partial charge in [0.25, 0.3) is 0 Å². The van der Waals surface area contributed by atoms with Crippen LogP contribution >= 0.6 is 0 Å². The highest BCUT2D eigenvalue weighted by Crippen LogP contribution is 2.78. The van der Waals surface area contributed by atoms with Gasteiger partial charge in [0.15, 0.2) is 9.84 Å². The van der Waals surface area contributed by atoms with Gasteiger partial charge in [0, 0.05) is 36.6 Å². The van der Waals surface area contributed by atoms with E-state index in [1.165, 1.54) is 64.2 Å². The van der Waals surface area contributed by atoms with Crippen LogP contribution in [-0.4, -0.2) is 79.2 Å². The Kier molecular flexibility index (Phi) is 9.29. The maximum Gasteiger partial charge on any atom is 0.309 e. The second-order valence-corrected chi connectivity index (χ2v) is 25.2. The quantitative estimate of drug-likeness (QED) is 0.239. The van der Waals surface area contributed by atoms with Crippen molar-refractivity contribution in [3.05, 3.63) is 0 Å². The van der Waals surface area contributed by atoms with E-state index in [1.54, 1.807) is 0 Å². The Labute approximate surface area is 327 Å². The highest BCUT2D eigenvalue weighted by atomic mass is 32.2. The van der Waals surface area contributed by atoms with Gasteiger partial charge in [-0.05, 0) is 147 Å². The number of carboxylic acid groups (broad SMARTS) is 1. The molecule has 0 spiro atoms. The zero-order valence-electron chi connectivity index (χ0n) is 35.3. The van der Waals surface area contributed by atoms with Crippen LogP contribution in [0, 0.1) is 73.9 Å². The number of carbonyl (C=O) groups is 2. The Bertz CT molecular complexity index is 1630. The molecule has 1 unspecified atom stereocenters. The molecule has 8 fully saturated rings. The Morgan fingerprint density at radius 3 is 2.07 bits per heavy atom. The van der Waals surface area contributed by atoms with Crippen molar-refractivity contribution in [2.75, 3.05) is 31.1 Å². The molecule has 9 heteroatoms. The van der Waals surface area contributed by atoms with Crippen molar-refractivity contribution in [3.63, 3.8) is 0 Å². The van der Waals surface area contributed by atoms with Gasteiger partial charge in [-0.2, -0.15) is 0 Å². The molecule has 1 saturated heterocycles. The number of rotatable bonds is 8. The summed E-state index contributed by atoms with van der Waals surface area (Å²) in [6.07, 6.45) is 15.2. The molecule has 0 amide bonds. The van der Waals surface area contributed by atoms with Crippen LogP contribution in [0.3, 0.4) is 0 Å². The average molecular weight is 771 g/mol. The van der Waals surface area contributed by atoms with Crippen molar-refractivity contribution < 1.29 is 27.9 Å². The number of fused-ring (bicyclic) bond motifs is 7. The fourth-order valence-electron chi connectivity index (χ4n) is 16.0. The first-order valence-electron chi connectivity index (χ1n) is 22.2. The van der Waals surface area contributed by atoms with Gasteiger partial charge < -0.3 is 15.2 Å². The maximum atomic E-state index is 13.6. The number of nitrogens with zero attached hydrogens (tertiary/aromatic N) is 1. The predicted molar refractivity (Wildman–Crippen MR) is 212 cm³/mol. The zero-order chi connectivity index (χ0) is 39.1. The lowest BCUT2D eigenvalue weighted by Gasteiger charge is -2.73. The highest BCUT2D eigenvalue weighted by molar-refractivity contribution is 7.91. The minimum absolute atomic E-state index is 0.129. The van der Waals surface area contributed by atoms with Crippen LogP contribution in [0.5, 0.6) is 0 Å². The van der Waals surface area contributed by atoms with Crippen LogP contribution in [0.2, 0.25) is 0 Å². The van der Waals surface area contributed by atoms with Gasteiger partial charge in [-0.1, -0.05) is 55.4 Å². The molecular weight excluding hydrogens is 697 g/mol. The van der Waals surface area contributed by atoms with Gasteiger partial charge in [-0.15, -0.1) is 0 Å². The summed E-state index contributed by atoms with van der Waals surface area (Å²) < 4.78 is 30.8. The molecule has 8 rings (SSSR count). The molecule has 8 aliphatic rings. The summed E-state index contributed by atoms with van der Waals surface area (Å²) in [6.45, 7) is 23.8. The molecule has 306 valence electrons. The van der Waals surface area contributed by atoms with Crippen molar-refractivity contribution in [2.45, 2.75) is 163 Å².